The lowest BCUT2D eigenvalue weighted by Crippen LogP contribution is -1.83. The molecule has 0 saturated carbocycles. The van der Waals surface area contributed by atoms with E-state index in [1.54, 1.807) is 7.11 Å². The SMILES string of the molecule is COSSCSOS(C)=O. The number of hydrogen-bond acceptors (Lipinski definition) is 6. The summed E-state index contributed by atoms with van der Waals surface area (Å²) in [4.78, 5) is 0. The van der Waals surface area contributed by atoms with Gasteiger partial charge in [-0.15, -0.1) is 0 Å². The van der Waals surface area contributed by atoms with Crippen LogP contribution >= 0.6 is 33.9 Å². The van der Waals surface area contributed by atoms with Gasteiger partial charge in [-0.2, -0.15) is 0 Å². The Kier molecular flexibility index (Phi) is 9.14. The van der Waals surface area contributed by atoms with Gasteiger partial charge in [0.15, 0.2) is 11.1 Å². The van der Waals surface area contributed by atoms with Crippen LogP contribution in [0.1, 0.15) is 0 Å². The van der Waals surface area contributed by atoms with Gasteiger partial charge in [0.1, 0.15) is 0 Å². The Balaban J connectivity index is 2.84. The molecule has 0 N–H and O–H groups in total. The highest BCUT2D eigenvalue weighted by Crippen LogP contribution is 2.26. The summed E-state index contributed by atoms with van der Waals surface area (Å²) in [6.45, 7) is 0. The van der Waals surface area contributed by atoms with Gasteiger partial charge in [-0.05, 0) is 0 Å². The second-order valence-electron chi connectivity index (χ2n) is 1.06. The predicted octanol–water partition coefficient (Wildman–Crippen LogP) is 1.84. The van der Waals surface area contributed by atoms with Gasteiger partial charge >= 0.3 is 0 Å². The van der Waals surface area contributed by atoms with Crippen LogP contribution in [0, 0.1) is 0 Å². The molecule has 0 aromatic heterocycles. The molecule has 0 bridgehead atoms. The van der Waals surface area contributed by atoms with E-state index >= 15 is 0 Å². The molecule has 0 aromatic carbocycles. The Morgan fingerprint density at radius 2 is 2.30 bits per heavy atom. The van der Waals surface area contributed by atoms with E-state index in [2.05, 4.69) is 7.81 Å². The second-order valence-corrected chi connectivity index (χ2v) is 5.40. The van der Waals surface area contributed by atoms with Gasteiger partial charge in [0.25, 0.3) is 0 Å². The minimum atomic E-state index is -1.17. The Morgan fingerprint density at radius 3 is 2.80 bits per heavy atom. The highest BCUT2D eigenvalue weighted by molar-refractivity contribution is 8.76. The Bertz CT molecular complexity index is 97.7. The first-order valence-corrected chi connectivity index (χ1v) is 6.87. The summed E-state index contributed by atoms with van der Waals surface area (Å²) in [5.74, 6) is 0. The van der Waals surface area contributed by atoms with Crippen molar-refractivity contribution in [1.29, 1.82) is 0 Å². The zero-order chi connectivity index (χ0) is 7.82. The van der Waals surface area contributed by atoms with E-state index in [1.165, 1.54) is 28.1 Å². The fraction of sp³-hybridized carbons (Fsp3) is 1.00. The molecule has 0 heterocycles. The third-order valence-electron chi connectivity index (χ3n) is 0.356. The summed E-state index contributed by atoms with van der Waals surface area (Å²) in [5, 5.41) is 0.706. The summed E-state index contributed by atoms with van der Waals surface area (Å²) in [7, 11) is 3.09. The van der Waals surface area contributed by atoms with E-state index < -0.39 is 11.1 Å². The van der Waals surface area contributed by atoms with E-state index in [9.17, 15) is 4.21 Å². The largest absolute Gasteiger partial charge is 0.308 e. The Morgan fingerprint density at radius 1 is 1.60 bits per heavy atom. The molecule has 0 saturated heterocycles. The molecule has 1 atom stereocenters. The van der Waals surface area contributed by atoms with Crippen LogP contribution in [-0.2, 0) is 18.9 Å². The van der Waals surface area contributed by atoms with E-state index in [0.29, 0.717) is 5.08 Å². The van der Waals surface area contributed by atoms with Crippen LogP contribution in [-0.4, -0.2) is 22.7 Å². The first-order valence-electron chi connectivity index (χ1n) is 2.23. The standard InChI is InChI=1S/C3H8O3S4/c1-5-9-8-3-7-6-10(2)4/h3H2,1-2H3. The van der Waals surface area contributed by atoms with Crippen LogP contribution in [0.4, 0.5) is 0 Å². The quantitative estimate of drug-likeness (QED) is 0.294. The monoisotopic (exact) mass is 220 g/mol. The van der Waals surface area contributed by atoms with Crippen molar-refractivity contribution in [3.05, 3.63) is 0 Å². The van der Waals surface area contributed by atoms with Gasteiger partial charge in [0.05, 0.1) is 23.3 Å². The molecule has 0 aliphatic carbocycles. The highest BCUT2D eigenvalue weighted by atomic mass is 33.1. The van der Waals surface area contributed by atoms with Crippen LogP contribution in [0.25, 0.3) is 0 Å². The molecule has 0 aliphatic rings. The minimum Gasteiger partial charge on any atom is -0.308 e. The first kappa shape index (κ1) is 11.1. The molecule has 0 spiro atoms. The average molecular weight is 220 g/mol. The maximum absolute atomic E-state index is 10.3. The van der Waals surface area contributed by atoms with Crippen LogP contribution in [0.2, 0.25) is 0 Å². The van der Waals surface area contributed by atoms with Crippen LogP contribution in [0.3, 0.4) is 0 Å². The summed E-state index contributed by atoms with van der Waals surface area (Å²) in [6.07, 6.45) is 1.49. The maximum atomic E-state index is 10.3. The van der Waals surface area contributed by atoms with Crippen molar-refractivity contribution < 1.29 is 12.0 Å². The lowest BCUT2D eigenvalue weighted by Gasteiger charge is -1.95. The molecular formula is C3H8O3S4. The van der Waals surface area contributed by atoms with Gasteiger partial charge in [-0.3, -0.25) is 0 Å². The van der Waals surface area contributed by atoms with Gasteiger partial charge in [-0.25, -0.2) is 7.84 Å². The molecule has 0 radical (unpaired) electrons. The van der Waals surface area contributed by atoms with E-state index in [0.717, 1.165) is 12.0 Å². The van der Waals surface area contributed by atoms with Crippen molar-refractivity contribution >= 4 is 45.0 Å². The maximum Gasteiger partial charge on any atom is 0.163 e. The lowest BCUT2D eigenvalue weighted by atomic mass is 11.8. The van der Waals surface area contributed by atoms with Crippen LogP contribution in [0.15, 0.2) is 0 Å². The minimum absolute atomic E-state index is 0.706. The normalized spacial score (nSPS) is 13.4. The molecule has 3 nitrogen and oxygen atoms in total. The van der Waals surface area contributed by atoms with Crippen molar-refractivity contribution in [2.24, 2.45) is 0 Å². The van der Waals surface area contributed by atoms with E-state index in [1.807, 2.05) is 0 Å². The fourth-order valence-corrected chi connectivity index (χ4v) is 2.63. The topological polar surface area (TPSA) is 35.5 Å². The molecular weight excluding hydrogens is 212 g/mol. The molecule has 0 amide bonds. The highest BCUT2D eigenvalue weighted by Gasteiger charge is 1.92. The lowest BCUT2D eigenvalue weighted by molar-refractivity contribution is 0.498. The fourth-order valence-electron chi connectivity index (χ4n) is 0.175. The zero-order valence-electron chi connectivity index (χ0n) is 5.56. The molecule has 0 rings (SSSR count). The van der Waals surface area contributed by atoms with E-state index in [-0.39, 0.29) is 0 Å². The Labute approximate surface area is 75.5 Å². The van der Waals surface area contributed by atoms with Crippen molar-refractivity contribution in [1.82, 2.24) is 0 Å². The average Bonchev–Trinajstić information content (AvgIpc) is 1.87. The molecule has 0 aromatic rings. The predicted molar refractivity (Wildman–Crippen MR) is 49.8 cm³/mol. The molecule has 7 heteroatoms. The van der Waals surface area contributed by atoms with Crippen molar-refractivity contribution in [2.45, 2.75) is 0 Å². The molecule has 0 aliphatic heterocycles. The smallest absolute Gasteiger partial charge is 0.163 e. The third-order valence-corrected chi connectivity index (χ3v) is 4.07. The van der Waals surface area contributed by atoms with Crippen molar-refractivity contribution in [2.75, 3.05) is 18.5 Å². The van der Waals surface area contributed by atoms with Crippen LogP contribution < -0.4 is 0 Å². The number of rotatable bonds is 6. The second kappa shape index (κ2) is 8.22. The van der Waals surface area contributed by atoms with Crippen molar-refractivity contribution in [3.8, 4) is 0 Å². The molecule has 0 fully saturated rings. The zero-order valence-corrected chi connectivity index (χ0v) is 8.83. The van der Waals surface area contributed by atoms with Crippen LogP contribution in [0.5, 0.6) is 0 Å². The molecule has 1 unspecified atom stereocenters. The van der Waals surface area contributed by atoms with E-state index in [4.69, 9.17) is 0 Å². The first-order chi connectivity index (χ1) is 4.77. The summed E-state index contributed by atoms with van der Waals surface area (Å²) >= 11 is 1.27. The van der Waals surface area contributed by atoms with Gasteiger partial charge in [-0.1, -0.05) is 10.8 Å². The van der Waals surface area contributed by atoms with Gasteiger partial charge in [0, 0.05) is 18.3 Å². The Hall–Kier alpha value is 1.12. The molecule has 10 heavy (non-hydrogen) atoms. The summed E-state index contributed by atoms with van der Waals surface area (Å²) in [6, 6.07) is 0. The van der Waals surface area contributed by atoms with Gasteiger partial charge < -0.3 is 4.18 Å². The summed E-state index contributed by atoms with van der Waals surface area (Å²) < 4.78 is 19.7. The number of hydrogen-bond donors (Lipinski definition) is 0. The third kappa shape index (κ3) is 9.12. The van der Waals surface area contributed by atoms with Gasteiger partial charge in [0.2, 0.25) is 0 Å². The summed E-state index contributed by atoms with van der Waals surface area (Å²) in [5.41, 5.74) is 0. The molecule has 62 valence electrons. The van der Waals surface area contributed by atoms with Crippen molar-refractivity contribution in [3.63, 3.8) is 0 Å².